The summed E-state index contributed by atoms with van der Waals surface area (Å²) >= 11 is 6.38. The highest BCUT2D eigenvalue weighted by molar-refractivity contribution is 6.32. The molecule has 0 saturated heterocycles. The van der Waals surface area contributed by atoms with Crippen molar-refractivity contribution in [3.05, 3.63) is 28.8 Å². The Morgan fingerprint density at radius 1 is 1.33 bits per heavy atom. The van der Waals surface area contributed by atoms with Crippen LogP contribution in [0.25, 0.3) is 0 Å². The van der Waals surface area contributed by atoms with Crippen LogP contribution >= 0.6 is 11.6 Å². The van der Waals surface area contributed by atoms with Crippen LogP contribution in [0.2, 0.25) is 5.02 Å². The number of halogens is 1. The number of ether oxygens (including phenoxy) is 1. The van der Waals surface area contributed by atoms with E-state index in [1.54, 1.807) is 0 Å². The van der Waals surface area contributed by atoms with Crippen LogP contribution in [-0.4, -0.2) is 12.1 Å². The second-order valence-electron chi connectivity index (χ2n) is 6.32. The molecule has 0 bridgehead atoms. The Bertz CT molecular complexity index is 449. The molecular weight excluding hydrogens is 282 g/mol. The maximum atomic E-state index is 6.38. The molecule has 2 nitrogen and oxygen atoms in total. The van der Waals surface area contributed by atoms with E-state index in [2.05, 4.69) is 19.9 Å². The lowest BCUT2D eigenvalue weighted by Gasteiger charge is -2.29. The van der Waals surface area contributed by atoms with Gasteiger partial charge in [-0.15, -0.1) is 0 Å². The van der Waals surface area contributed by atoms with E-state index in [1.165, 1.54) is 24.8 Å². The van der Waals surface area contributed by atoms with Gasteiger partial charge in [0, 0.05) is 6.04 Å². The lowest BCUT2D eigenvalue weighted by atomic mass is 9.85. The molecule has 3 atom stereocenters. The van der Waals surface area contributed by atoms with Crippen molar-refractivity contribution in [1.82, 2.24) is 0 Å². The van der Waals surface area contributed by atoms with Crippen molar-refractivity contribution < 1.29 is 4.74 Å². The zero-order valence-corrected chi connectivity index (χ0v) is 14.0. The molecule has 0 heterocycles. The first-order valence-electron chi connectivity index (χ1n) is 8.33. The molecule has 1 aliphatic rings. The van der Waals surface area contributed by atoms with Crippen molar-refractivity contribution in [1.29, 1.82) is 0 Å². The predicted octanol–water partition coefficient (Wildman–Crippen LogP) is 4.97. The Labute approximate surface area is 134 Å². The molecule has 0 aromatic heterocycles. The van der Waals surface area contributed by atoms with Crippen LogP contribution in [0.4, 0.5) is 0 Å². The predicted molar refractivity (Wildman–Crippen MR) is 90.1 cm³/mol. The molecule has 3 heteroatoms. The van der Waals surface area contributed by atoms with E-state index in [0.29, 0.717) is 6.10 Å². The molecule has 1 aromatic carbocycles. The van der Waals surface area contributed by atoms with Gasteiger partial charge in [-0.25, -0.2) is 0 Å². The molecule has 0 aliphatic heterocycles. The molecule has 2 N–H and O–H groups in total. The summed E-state index contributed by atoms with van der Waals surface area (Å²) in [7, 11) is 0. The highest BCUT2D eigenvalue weighted by atomic mass is 35.5. The summed E-state index contributed by atoms with van der Waals surface area (Å²) in [5.41, 5.74) is 7.19. The minimum absolute atomic E-state index is 0.205. The monoisotopic (exact) mass is 309 g/mol. The van der Waals surface area contributed by atoms with Gasteiger partial charge in [-0.1, -0.05) is 44.4 Å². The summed E-state index contributed by atoms with van der Waals surface area (Å²) in [6.07, 6.45) is 8.35. The highest BCUT2D eigenvalue weighted by Crippen LogP contribution is 2.33. The standard InChI is InChI=1S/C18H28ClNO/c1-3-13-6-5-7-16(11-13)21-18-9-8-14(12-17(18)19)10-15(20)4-2/h8-9,12-13,15-16H,3-7,10-11,20H2,1-2H3. The van der Waals surface area contributed by atoms with E-state index < -0.39 is 0 Å². The first-order valence-corrected chi connectivity index (χ1v) is 8.70. The Morgan fingerprint density at radius 2 is 2.14 bits per heavy atom. The van der Waals surface area contributed by atoms with Crippen molar-refractivity contribution in [2.45, 2.75) is 70.9 Å². The molecule has 3 unspecified atom stereocenters. The molecule has 21 heavy (non-hydrogen) atoms. The zero-order valence-electron chi connectivity index (χ0n) is 13.3. The van der Waals surface area contributed by atoms with Crippen LogP contribution in [0.1, 0.15) is 57.9 Å². The molecule has 0 spiro atoms. The maximum absolute atomic E-state index is 6.38. The first kappa shape index (κ1) is 16.6. The quantitative estimate of drug-likeness (QED) is 0.805. The summed E-state index contributed by atoms with van der Waals surface area (Å²) < 4.78 is 6.14. The van der Waals surface area contributed by atoms with Crippen LogP contribution < -0.4 is 10.5 Å². The minimum Gasteiger partial charge on any atom is -0.489 e. The first-order chi connectivity index (χ1) is 10.1. The lowest BCUT2D eigenvalue weighted by molar-refractivity contribution is 0.122. The number of hydrogen-bond donors (Lipinski definition) is 1. The van der Waals surface area contributed by atoms with Gasteiger partial charge in [0.2, 0.25) is 0 Å². The van der Waals surface area contributed by atoms with Gasteiger partial charge >= 0.3 is 0 Å². The van der Waals surface area contributed by atoms with E-state index in [9.17, 15) is 0 Å². The van der Waals surface area contributed by atoms with Gasteiger partial charge in [0.05, 0.1) is 11.1 Å². The smallest absolute Gasteiger partial charge is 0.138 e. The topological polar surface area (TPSA) is 35.2 Å². The van der Waals surface area contributed by atoms with Crippen LogP contribution in [-0.2, 0) is 6.42 Å². The normalized spacial score (nSPS) is 23.8. The molecule has 0 radical (unpaired) electrons. The molecule has 2 rings (SSSR count). The van der Waals surface area contributed by atoms with Crippen LogP contribution in [0.15, 0.2) is 18.2 Å². The fraction of sp³-hybridized carbons (Fsp3) is 0.667. The van der Waals surface area contributed by atoms with Crippen molar-refractivity contribution >= 4 is 11.6 Å². The molecule has 0 amide bonds. The fourth-order valence-electron chi connectivity index (χ4n) is 3.11. The summed E-state index contributed by atoms with van der Waals surface area (Å²) in [5, 5.41) is 0.717. The molecule has 1 aliphatic carbocycles. The van der Waals surface area contributed by atoms with E-state index >= 15 is 0 Å². The lowest BCUT2D eigenvalue weighted by Crippen LogP contribution is -2.25. The van der Waals surface area contributed by atoms with E-state index in [-0.39, 0.29) is 6.04 Å². The number of benzene rings is 1. The van der Waals surface area contributed by atoms with Gasteiger partial charge in [-0.05, 0) is 55.7 Å². The van der Waals surface area contributed by atoms with Crippen molar-refractivity contribution in [2.24, 2.45) is 11.7 Å². The Balaban J connectivity index is 1.97. The molecule has 1 saturated carbocycles. The summed E-state index contributed by atoms with van der Waals surface area (Å²) in [4.78, 5) is 0. The maximum Gasteiger partial charge on any atom is 0.138 e. The van der Waals surface area contributed by atoms with E-state index in [1.807, 2.05) is 12.1 Å². The average Bonchev–Trinajstić information content (AvgIpc) is 2.50. The van der Waals surface area contributed by atoms with Crippen molar-refractivity contribution in [2.75, 3.05) is 0 Å². The molecule has 1 fully saturated rings. The van der Waals surface area contributed by atoms with Gasteiger partial charge in [-0.2, -0.15) is 0 Å². The largest absolute Gasteiger partial charge is 0.489 e. The van der Waals surface area contributed by atoms with Gasteiger partial charge in [-0.3, -0.25) is 0 Å². The van der Waals surface area contributed by atoms with Gasteiger partial charge in [0.15, 0.2) is 0 Å². The van der Waals surface area contributed by atoms with Crippen molar-refractivity contribution in [3.63, 3.8) is 0 Å². The second kappa shape index (κ2) is 8.05. The third-order valence-corrected chi connectivity index (χ3v) is 4.92. The van der Waals surface area contributed by atoms with Crippen LogP contribution in [0.5, 0.6) is 5.75 Å². The summed E-state index contributed by atoms with van der Waals surface area (Å²) in [5.74, 6) is 1.64. The number of hydrogen-bond acceptors (Lipinski definition) is 2. The zero-order chi connectivity index (χ0) is 15.2. The molecule has 118 valence electrons. The molecule has 1 aromatic rings. The third kappa shape index (κ3) is 4.89. The highest BCUT2D eigenvalue weighted by Gasteiger charge is 2.22. The minimum atomic E-state index is 0.205. The Hall–Kier alpha value is -0.730. The average molecular weight is 310 g/mol. The third-order valence-electron chi connectivity index (χ3n) is 4.62. The molecular formula is C18H28ClNO. The van der Waals surface area contributed by atoms with E-state index in [0.717, 1.165) is 42.4 Å². The number of rotatable bonds is 6. The summed E-state index contributed by atoms with van der Waals surface area (Å²) in [6.45, 7) is 4.38. The fourth-order valence-corrected chi connectivity index (χ4v) is 3.36. The van der Waals surface area contributed by atoms with Crippen LogP contribution in [0, 0.1) is 5.92 Å². The van der Waals surface area contributed by atoms with E-state index in [4.69, 9.17) is 22.1 Å². The number of nitrogens with two attached hydrogens (primary N) is 1. The van der Waals surface area contributed by atoms with Gasteiger partial charge < -0.3 is 10.5 Å². The summed E-state index contributed by atoms with van der Waals surface area (Å²) in [6, 6.07) is 6.32. The Morgan fingerprint density at radius 3 is 2.81 bits per heavy atom. The van der Waals surface area contributed by atoms with Gasteiger partial charge in [0.1, 0.15) is 5.75 Å². The van der Waals surface area contributed by atoms with Crippen LogP contribution in [0.3, 0.4) is 0 Å². The second-order valence-corrected chi connectivity index (χ2v) is 6.73. The van der Waals surface area contributed by atoms with Gasteiger partial charge in [0.25, 0.3) is 0 Å². The Kier molecular flexibility index (Phi) is 6.38. The van der Waals surface area contributed by atoms with Crippen molar-refractivity contribution in [3.8, 4) is 5.75 Å². The SMILES string of the molecule is CCC(N)Cc1ccc(OC2CCCC(CC)C2)c(Cl)c1.